The molecule has 2 aliphatic rings. The number of nitrogens with zero attached hydrogens (tertiary/aromatic N) is 1. The molecule has 1 fully saturated rings. The van der Waals surface area contributed by atoms with Crippen LogP contribution < -0.4 is 14.8 Å². The van der Waals surface area contributed by atoms with Crippen molar-refractivity contribution in [3.05, 3.63) is 36.4 Å². The molecule has 3 rings (SSSR count). The van der Waals surface area contributed by atoms with Gasteiger partial charge in [-0.3, -0.25) is 4.79 Å². The molecular weight excluding hydrogens is 380 g/mol. The van der Waals surface area contributed by atoms with E-state index in [1.165, 1.54) is 0 Å². The smallest absolute Gasteiger partial charge is 0.317 e. The van der Waals surface area contributed by atoms with Crippen molar-refractivity contribution in [3.63, 3.8) is 0 Å². The fraction of sp³-hybridized carbons (Fsp3) is 0.500. The van der Waals surface area contributed by atoms with Gasteiger partial charge in [0.05, 0.1) is 13.2 Å². The van der Waals surface area contributed by atoms with Crippen LogP contribution in [0.25, 0.3) is 0 Å². The molecule has 3 atom stereocenters. The summed E-state index contributed by atoms with van der Waals surface area (Å²) >= 11 is 5.61. The lowest BCUT2D eigenvalue weighted by Gasteiger charge is -2.55. The van der Waals surface area contributed by atoms with E-state index in [1.807, 2.05) is 30.0 Å². The first-order valence-electron chi connectivity index (χ1n) is 9.18. The Labute approximate surface area is 170 Å². The van der Waals surface area contributed by atoms with E-state index in [1.54, 1.807) is 20.3 Å². The topological polar surface area (TPSA) is 69.3 Å². The van der Waals surface area contributed by atoms with Crippen LogP contribution in [0, 0.1) is 5.92 Å². The minimum Gasteiger partial charge on any atom is -0.493 e. The number of fused-ring (bicyclic) bond motifs is 4. The van der Waals surface area contributed by atoms with E-state index >= 15 is 0 Å². The van der Waals surface area contributed by atoms with E-state index in [0.29, 0.717) is 29.8 Å². The summed E-state index contributed by atoms with van der Waals surface area (Å²) < 4.78 is 22.5. The number of methoxy groups -OCH3 is 2. The van der Waals surface area contributed by atoms with Crippen LogP contribution in [0.5, 0.6) is 11.5 Å². The normalized spacial score (nSPS) is 25.2. The van der Waals surface area contributed by atoms with Crippen molar-refractivity contribution in [1.82, 2.24) is 10.2 Å². The second-order valence-electron chi connectivity index (χ2n) is 6.86. The standard InChI is InChI=1S/C20H26N2O5S/c1-5-11-26-18(23)15-16-13-8-6-9-14(25-4)17(13)27-20(15,2)22(19(28)21-16)10-7-12-24-3/h5-6,8-9,15-16H,1,7,10-12H2,2-4H3,(H,21,28). The lowest BCUT2D eigenvalue weighted by atomic mass is 9.79. The first kappa shape index (κ1) is 20.4. The molecule has 1 aromatic rings. The van der Waals surface area contributed by atoms with Crippen LogP contribution in [0.1, 0.15) is 24.9 Å². The highest BCUT2D eigenvalue weighted by atomic mass is 32.1. The van der Waals surface area contributed by atoms with Crippen LogP contribution in [0.15, 0.2) is 30.9 Å². The van der Waals surface area contributed by atoms with Crippen molar-refractivity contribution in [2.24, 2.45) is 5.92 Å². The second-order valence-corrected chi connectivity index (χ2v) is 7.24. The van der Waals surface area contributed by atoms with Crippen LogP contribution in [0.2, 0.25) is 0 Å². The van der Waals surface area contributed by atoms with Crippen molar-refractivity contribution < 1.29 is 23.7 Å². The highest BCUT2D eigenvalue weighted by Gasteiger charge is 2.59. The average Bonchev–Trinajstić information content (AvgIpc) is 2.68. The van der Waals surface area contributed by atoms with Gasteiger partial charge in [-0.2, -0.15) is 0 Å². The Kier molecular flexibility index (Phi) is 6.10. The maximum absolute atomic E-state index is 13.0. The van der Waals surface area contributed by atoms with E-state index in [0.717, 1.165) is 12.0 Å². The minimum atomic E-state index is -1.03. The Morgan fingerprint density at radius 3 is 2.93 bits per heavy atom. The van der Waals surface area contributed by atoms with Crippen molar-refractivity contribution in [1.29, 1.82) is 0 Å². The molecule has 152 valence electrons. The molecule has 7 nitrogen and oxygen atoms in total. The van der Waals surface area contributed by atoms with Crippen molar-refractivity contribution >= 4 is 23.3 Å². The quantitative estimate of drug-likeness (QED) is 0.306. The Morgan fingerprint density at radius 2 is 2.25 bits per heavy atom. The summed E-state index contributed by atoms with van der Waals surface area (Å²) in [6.45, 7) is 6.77. The van der Waals surface area contributed by atoms with Crippen molar-refractivity contribution in [2.45, 2.75) is 25.1 Å². The summed E-state index contributed by atoms with van der Waals surface area (Å²) in [5.41, 5.74) is -0.211. The van der Waals surface area contributed by atoms with Crippen molar-refractivity contribution in [2.75, 3.05) is 34.0 Å². The van der Waals surface area contributed by atoms with E-state index in [9.17, 15) is 4.79 Å². The number of hydrogen-bond donors (Lipinski definition) is 1. The van der Waals surface area contributed by atoms with Crippen molar-refractivity contribution in [3.8, 4) is 11.5 Å². The van der Waals surface area contributed by atoms with E-state index in [4.69, 9.17) is 31.2 Å². The van der Waals surface area contributed by atoms with Gasteiger partial charge in [-0.25, -0.2) is 0 Å². The molecule has 0 aliphatic carbocycles. The Hall–Kier alpha value is -2.32. The summed E-state index contributed by atoms with van der Waals surface area (Å²) in [4.78, 5) is 14.9. The zero-order valence-corrected chi connectivity index (χ0v) is 17.2. The molecule has 0 radical (unpaired) electrons. The molecule has 28 heavy (non-hydrogen) atoms. The number of carbonyl (C=O) groups is 1. The molecule has 1 saturated heterocycles. The van der Waals surface area contributed by atoms with Gasteiger partial charge in [0.2, 0.25) is 0 Å². The van der Waals surface area contributed by atoms with Gasteiger partial charge in [0.1, 0.15) is 12.5 Å². The number of rotatable bonds is 8. The van der Waals surface area contributed by atoms with Crippen LogP contribution >= 0.6 is 12.2 Å². The fourth-order valence-corrected chi connectivity index (χ4v) is 4.28. The van der Waals surface area contributed by atoms with Gasteiger partial charge in [-0.15, -0.1) is 0 Å². The molecule has 0 aromatic heterocycles. The van der Waals surface area contributed by atoms with Gasteiger partial charge in [0.25, 0.3) is 0 Å². The van der Waals surface area contributed by atoms with Gasteiger partial charge in [0, 0.05) is 25.8 Å². The number of nitrogens with one attached hydrogen (secondary N) is 1. The largest absolute Gasteiger partial charge is 0.493 e. The highest BCUT2D eigenvalue weighted by Crippen LogP contribution is 2.51. The number of carbonyl (C=O) groups excluding carboxylic acids is 1. The Balaban J connectivity index is 2.06. The maximum Gasteiger partial charge on any atom is 0.317 e. The van der Waals surface area contributed by atoms with Gasteiger partial charge < -0.3 is 29.2 Å². The molecule has 0 amide bonds. The first-order valence-corrected chi connectivity index (χ1v) is 9.59. The average molecular weight is 407 g/mol. The van der Waals surface area contributed by atoms with Gasteiger partial charge in [0.15, 0.2) is 22.3 Å². The zero-order chi connectivity index (χ0) is 20.3. The zero-order valence-electron chi connectivity index (χ0n) is 16.4. The minimum absolute atomic E-state index is 0.136. The molecule has 2 aliphatic heterocycles. The number of hydrogen-bond acceptors (Lipinski definition) is 6. The lowest BCUT2D eigenvalue weighted by Crippen LogP contribution is -2.71. The number of esters is 1. The summed E-state index contributed by atoms with van der Waals surface area (Å²) in [5, 5.41) is 3.85. The molecule has 1 N–H and O–H groups in total. The maximum atomic E-state index is 13.0. The van der Waals surface area contributed by atoms with Gasteiger partial charge in [-0.05, 0) is 31.6 Å². The van der Waals surface area contributed by atoms with Crippen LogP contribution in [-0.4, -0.2) is 55.7 Å². The third kappa shape index (κ3) is 3.42. The first-order chi connectivity index (χ1) is 13.5. The molecule has 2 heterocycles. The summed E-state index contributed by atoms with van der Waals surface area (Å²) in [6.07, 6.45) is 2.28. The van der Waals surface area contributed by atoms with Crippen LogP contribution in [0.3, 0.4) is 0 Å². The number of para-hydroxylation sites is 1. The number of thiocarbonyl (C=S) groups is 1. The van der Waals surface area contributed by atoms with Crippen LogP contribution in [0.4, 0.5) is 0 Å². The Morgan fingerprint density at radius 1 is 1.46 bits per heavy atom. The van der Waals surface area contributed by atoms with Gasteiger partial charge in [-0.1, -0.05) is 24.8 Å². The summed E-state index contributed by atoms with van der Waals surface area (Å²) in [5.74, 6) is 0.226. The van der Waals surface area contributed by atoms with E-state index < -0.39 is 11.6 Å². The predicted octanol–water partition coefficient (Wildman–Crippen LogP) is 2.42. The molecule has 0 saturated carbocycles. The molecule has 8 heteroatoms. The summed E-state index contributed by atoms with van der Waals surface area (Å²) in [6, 6.07) is 5.23. The van der Waals surface area contributed by atoms with E-state index in [2.05, 4.69) is 11.9 Å². The fourth-order valence-electron chi connectivity index (χ4n) is 3.88. The highest BCUT2D eigenvalue weighted by molar-refractivity contribution is 7.80. The third-order valence-corrected chi connectivity index (χ3v) is 5.51. The summed E-state index contributed by atoms with van der Waals surface area (Å²) in [7, 11) is 3.24. The molecule has 0 spiro atoms. The molecule has 3 unspecified atom stereocenters. The third-order valence-electron chi connectivity index (χ3n) is 5.17. The van der Waals surface area contributed by atoms with Crippen LogP contribution in [-0.2, 0) is 14.3 Å². The molecule has 2 bridgehead atoms. The molecule has 1 aromatic carbocycles. The van der Waals surface area contributed by atoms with Gasteiger partial charge >= 0.3 is 5.97 Å². The lowest BCUT2D eigenvalue weighted by molar-refractivity contribution is -0.175. The molecular formula is C20H26N2O5S. The van der Waals surface area contributed by atoms with E-state index in [-0.39, 0.29) is 18.6 Å². The predicted molar refractivity (Wildman–Crippen MR) is 108 cm³/mol. The Bertz CT molecular complexity index is 771. The monoisotopic (exact) mass is 406 g/mol. The number of ether oxygens (including phenoxy) is 4. The number of benzene rings is 1. The SMILES string of the molecule is C=CCOC(=O)C1C2NC(=S)N(CCCOC)C1(C)Oc1c(OC)cccc12. The second kappa shape index (κ2) is 8.36.